The van der Waals surface area contributed by atoms with Crippen molar-refractivity contribution in [2.45, 2.75) is 35.7 Å². The first-order valence-electron chi connectivity index (χ1n) is 8.07. The molecule has 4 atom stereocenters. The zero-order valence-electron chi connectivity index (χ0n) is 14.5. The lowest BCUT2D eigenvalue weighted by molar-refractivity contribution is -0.166. The number of aromatic carboxylic acids is 1. The number of β-lactam (4-membered cyclic amide) rings is 1. The molecule has 1 aromatic rings. The molecule has 2 saturated heterocycles. The molecule has 0 saturated carbocycles. The number of carboxylic acid groups (broad SMARTS) is 2. The summed E-state index contributed by atoms with van der Waals surface area (Å²) in [5.74, 6) is -3.19. The lowest BCUT2D eigenvalue weighted by Gasteiger charge is -2.43. The molecule has 2 amide bonds. The molecule has 9 nitrogen and oxygen atoms in total. The van der Waals surface area contributed by atoms with Gasteiger partial charge in [-0.3, -0.25) is 9.59 Å². The van der Waals surface area contributed by atoms with Gasteiger partial charge in [-0.25, -0.2) is 9.59 Å². The number of aliphatic carboxylic acids is 1. The molecule has 1 aromatic carbocycles. The fraction of sp³-hybridized carbons (Fsp3) is 0.412. The fourth-order valence-electron chi connectivity index (χ4n) is 3.30. The minimum Gasteiger partial charge on any atom is -0.480 e. The van der Waals surface area contributed by atoms with Gasteiger partial charge in [0.1, 0.15) is 16.3 Å². The van der Waals surface area contributed by atoms with Crippen LogP contribution in [0.3, 0.4) is 0 Å². The predicted octanol–water partition coefficient (Wildman–Crippen LogP) is 0.143. The molecule has 4 unspecified atom stereocenters. The Kier molecular flexibility index (Phi) is 4.87. The minimum absolute atomic E-state index is 0.0673. The van der Waals surface area contributed by atoms with Crippen LogP contribution in [0.25, 0.3) is 0 Å². The number of benzene rings is 1. The van der Waals surface area contributed by atoms with Gasteiger partial charge in [-0.2, -0.15) is 0 Å². The van der Waals surface area contributed by atoms with Crippen LogP contribution in [-0.2, 0) is 25.5 Å². The number of hydrogen-bond donors (Lipinski definition) is 3. The highest BCUT2D eigenvalue weighted by Gasteiger charge is 2.66. The van der Waals surface area contributed by atoms with Gasteiger partial charge in [-0.1, -0.05) is 23.9 Å². The first-order chi connectivity index (χ1) is 12.7. The second-order valence-corrected chi connectivity index (χ2v) is 7.97. The Morgan fingerprint density at radius 2 is 2.04 bits per heavy atom. The summed E-state index contributed by atoms with van der Waals surface area (Å²) in [6.45, 7) is 1.60. The van der Waals surface area contributed by atoms with E-state index in [1.54, 1.807) is 13.0 Å². The van der Waals surface area contributed by atoms with E-state index in [0.717, 1.165) is 0 Å². The van der Waals surface area contributed by atoms with Gasteiger partial charge in [0.15, 0.2) is 6.04 Å². The van der Waals surface area contributed by atoms with Crippen molar-refractivity contribution >= 4 is 35.5 Å². The van der Waals surface area contributed by atoms with Crippen LogP contribution in [0.5, 0.6) is 0 Å². The van der Waals surface area contributed by atoms with Crippen LogP contribution < -0.4 is 5.32 Å². The number of fused-ring (bicyclic) bond motifs is 1. The van der Waals surface area contributed by atoms with E-state index >= 15 is 0 Å². The Bertz CT molecular complexity index is 829. The van der Waals surface area contributed by atoms with Crippen LogP contribution in [0.15, 0.2) is 24.3 Å². The summed E-state index contributed by atoms with van der Waals surface area (Å²) in [5, 5.41) is 20.5. The van der Waals surface area contributed by atoms with Crippen molar-refractivity contribution in [1.82, 2.24) is 10.2 Å². The molecule has 144 valence electrons. The van der Waals surface area contributed by atoms with Crippen LogP contribution >= 0.6 is 11.8 Å². The smallest absolute Gasteiger partial charge is 0.335 e. The number of ether oxygens (including phenoxy) is 1. The van der Waals surface area contributed by atoms with E-state index in [4.69, 9.17) is 9.84 Å². The van der Waals surface area contributed by atoms with Crippen molar-refractivity contribution in [3.8, 4) is 0 Å². The van der Waals surface area contributed by atoms with Crippen molar-refractivity contribution in [2.75, 3.05) is 7.11 Å². The molecule has 0 aromatic heterocycles. The highest BCUT2D eigenvalue weighted by molar-refractivity contribution is 8.01. The van der Waals surface area contributed by atoms with Crippen molar-refractivity contribution in [3.63, 3.8) is 0 Å². The van der Waals surface area contributed by atoms with Crippen LogP contribution in [0.1, 0.15) is 22.8 Å². The summed E-state index contributed by atoms with van der Waals surface area (Å²) in [5.41, 5.74) is 0.568. The molecule has 2 aliphatic rings. The van der Waals surface area contributed by atoms with Gasteiger partial charge in [0, 0.05) is 7.11 Å². The van der Waals surface area contributed by atoms with Crippen LogP contribution in [-0.4, -0.2) is 68.4 Å². The second-order valence-electron chi connectivity index (χ2n) is 6.44. The second kappa shape index (κ2) is 6.86. The number of carbonyl (C=O) groups is 4. The topological polar surface area (TPSA) is 133 Å². The van der Waals surface area contributed by atoms with Gasteiger partial charge < -0.3 is 25.2 Å². The van der Waals surface area contributed by atoms with Gasteiger partial charge >= 0.3 is 11.9 Å². The third kappa shape index (κ3) is 3.26. The number of amides is 2. The van der Waals surface area contributed by atoms with E-state index in [0.29, 0.717) is 5.56 Å². The van der Waals surface area contributed by atoms with Crippen molar-refractivity contribution in [1.29, 1.82) is 0 Å². The SMILES string of the molecule is COC1(C)SC2C(NC(=O)Cc3cccc(C(=O)O)c3)C(=O)N2C1C(=O)O. The molecule has 0 bridgehead atoms. The van der Waals surface area contributed by atoms with Crippen molar-refractivity contribution in [3.05, 3.63) is 35.4 Å². The first kappa shape index (κ1) is 19.2. The molecule has 2 fully saturated rings. The highest BCUT2D eigenvalue weighted by Crippen LogP contribution is 2.51. The molecular formula is C17H18N2O7S. The van der Waals surface area contributed by atoms with Gasteiger partial charge in [0.05, 0.1) is 12.0 Å². The Morgan fingerprint density at radius 1 is 1.33 bits per heavy atom. The quantitative estimate of drug-likeness (QED) is 0.581. The van der Waals surface area contributed by atoms with Crippen LogP contribution in [0.2, 0.25) is 0 Å². The first-order valence-corrected chi connectivity index (χ1v) is 8.95. The summed E-state index contributed by atoms with van der Waals surface area (Å²) in [7, 11) is 1.38. The highest BCUT2D eigenvalue weighted by atomic mass is 32.2. The maximum Gasteiger partial charge on any atom is 0.335 e. The number of methoxy groups -OCH3 is 1. The number of carboxylic acids is 2. The molecule has 3 N–H and O–H groups in total. The van der Waals surface area contributed by atoms with E-state index in [-0.39, 0.29) is 12.0 Å². The lowest BCUT2D eigenvalue weighted by atomic mass is 10.00. The van der Waals surface area contributed by atoms with Crippen molar-refractivity contribution in [2.24, 2.45) is 0 Å². The number of nitrogens with one attached hydrogen (secondary N) is 1. The Labute approximate surface area is 158 Å². The van der Waals surface area contributed by atoms with Crippen molar-refractivity contribution < 1.29 is 34.1 Å². The normalized spacial score (nSPS) is 29.0. The molecule has 2 heterocycles. The molecule has 0 aliphatic carbocycles. The van der Waals surface area contributed by atoms with E-state index in [1.165, 1.54) is 42.0 Å². The Morgan fingerprint density at radius 3 is 2.63 bits per heavy atom. The van der Waals surface area contributed by atoms with Crippen LogP contribution in [0, 0.1) is 0 Å². The van der Waals surface area contributed by atoms with E-state index < -0.39 is 46.1 Å². The summed E-state index contributed by atoms with van der Waals surface area (Å²) < 4.78 is 5.31. The zero-order valence-corrected chi connectivity index (χ0v) is 15.4. The molecule has 27 heavy (non-hydrogen) atoms. The lowest BCUT2D eigenvalue weighted by Crippen LogP contribution is -2.70. The van der Waals surface area contributed by atoms with E-state index in [9.17, 15) is 24.3 Å². The summed E-state index contributed by atoms with van der Waals surface area (Å²) >= 11 is 1.18. The summed E-state index contributed by atoms with van der Waals surface area (Å²) in [6, 6.07) is 3.99. The molecule has 2 aliphatic heterocycles. The average molecular weight is 394 g/mol. The largest absolute Gasteiger partial charge is 0.480 e. The van der Waals surface area contributed by atoms with Gasteiger partial charge in [-0.15, -0.1) is 0 Å². The van der Waals surface area contributed by atoms with E-state index in [2.05, 4.69) is 5.32 Å². The maximum absolute atomic E-state index is 12.4. The molecule has 0 radical (unpaired) electrons. The molecule has 0 spiro atoms. The maximum atomic E-state index is 12.4. The molecular weight excluding hydrogens is 376 g/mol. The fourth-order valence-corrected chi connectivity index (χ4v) is 4.88. The van der Waals surface area contributed by atoms with Gasteiger partial charge in [-0.05, 0) is 24.6 Å². The number of nitrogens with zero attached hydrogens (tertiary/aromatic N) is 1. The molecule has 3 rings (SSSR count). The predicted molar refractivity (Wildman–Crippen MR) is 94.1 cm³/mol. The summed E-state index contributed by atoms with van der Waals surface area (Å²) in [6.07, 6.45) is -0.0911. The number of rotatable bonds is 6. The number of carbonyl (C=O) groups excluding carboxylic acids is 2. The van der Waals surface area contributed by atoms with Crippen LogP contribution in [0.4, 0.5) is 0 Å². The summed E-state index contributed by atoms with van der Waals surface area (Å²) in [4.78, 5) is 47.3. The average Bonchev–Trinajstić information content (AvgIpc) is 2.90. The van der Waals surface area contributed by atoms with Gasteiger partial charge in [0.2, 0.25) is 11.8 Å². The number of hydrogen-bond acceptors (Lipinski definition) is 6. The monoisotopic (exact) mass is 394 g/mol. The minimum atomic E-state index is -1.17. The standard InChI is InChI=1S/C17H18N2O7S/c1-17(26-2)12(16(24)25)19-13(21)11(14(19)27-17)18-10(20)7-8-4-3-5-9(6-8)15(22)23/h3-6,11-12,14H,7H2,1-2H3,(H,18,20)(H,22,23)(H,24,25). The molecule has 10 heteroatoms. The Balaban J connectivity index is 1.68. The zero-order chi connectivity index (χ0) is 19.9. The Hall–Kier alpha value is -2.59. The third-order valence-electron chi connectivity index (χ3n) is 4.70. The number of thioether (sulfide) groups is 1. The van der Waals surface area contributed by atoms with E-state index in [1.807, 2.05) is 0 Å². The van der Waals surface area contributed by atoms with Gasteiger partial charge in [0.25, 0.3) is 0 Å². The third-order valence-corrected chi connectivity index (χ3v) is 6.30.